The molecule has 1 aliphatic carbocycles. The molecule has 1 saturated heterocycles. The zero-order valence-corrected chi connectivity index (χ0v) is 18.6. The third-order valence-electron chi connectivity index (χ3n) is 6.29. The van der Waals surface area contributed by atoms with Crippen molar-refractivity contribution in [2.45, 2.75) is 39.0 Å². The molecule has 1 unspecified atom stereocenters. The Bertz CT molecular complexity index is 954. The highest BCUT2D eigenvalue weighted by atomic mass is 16.2. The Hall–Kier alpha value is -3.15. The summed E-state index contributed by atoms with van der Waals surface area (Å²) in [5, 5.41) is 2.98. The van der Waals surface area contributed by atoms with Crippen LogP contribution in [-0.4, -0.2) is 42.3 Å². The Kier molecular flexibility index (Phi) is 6.88. The maximum atomic E-state index is 12.8. The monoisotopic (exact) mass is 433 g/mol. The van der Waals surface area contributed by atoms with Crippen LogP contribution in [0.25, 0.3) is 0 Å². The molecule has 32 heavy (non-hydrogen) atoms. The van der Waals surface area contributed by atoms with Crippen LogP contribution in [0.1, 0.15) is 38.2 Å². The molecule has 2 aliphatic rings. The largest absolute Gasteiger partial charge is 0.342 e. The molecule has 0 radical (unpaired) electrons. The van der Waals surface area contributed by atoms with Crippen molar-refractivity contribution in [2.75, 3.05) is 29.9 Å². The van der Waals surface area contributed by atoms with Crippen LogP contribution in [0.2, 0.25) is 0 Å². The van der Waals surface area contributed by atoms with Crippen LogP contribution in [0.5, 0.6) is 0 Å². The van der Waals surface area contributed by atoms with Gasteiger partial charge in [-0.2, -0.15) is 0 Å². The van der Waals surface area contributed by atoms with Crippen LogP contribution >= 0.6 is 0 Å². The summed E-state index contributed by atoms with van der Waals surface area (Å²) in [7, 11) is 0. The number of hydrogen-bond donors (Lipinski definition) is 1. The molecule has 2 aromatic carbocycles. The van der Waals surface area contributed by atoms with Crippen LogP contribution in [0.4, 0.5) is 11.4 Å². The van der Waals surface area contributed by atoms with Crippen LogP contribution in [0.3, 0.4) is 0 Å². The van der Waals surface area contributed by atoms with E-state index in [1.807, 2.05) is 66.4 Å². The molecule has 2 aromatic rings. The summed E-state index contributed by atoms with van der Waals surface area (Å²) >= 11 is 0. The summed E-state index contributed by atoms with van der Waals surface area (Å²) in [6.07, 6.45) is 3.95. The van der Waals surface area contributed by atoms with E-state index in [0.717, 1.165) is 43.5 Å². The van der Waals surface area contributed by atoms with Crippen LogP contribution < -0.4 is 10.2 Å². The van der Waals surface area contributed by atoms with E-state index < -0.39 is 0 Å². The van der Waals surface area contributed by atoms with E-state index in [2.05, 4.69) is 5.32 Å². The third-order valence-corrected chi connectivity index (χ3v) is 6.29. The Balaban J connectivity index is 1.31. The molecule has 4 rings (SSSR count). The van der Waals surface area contributed by atoms with Gasteiger partial charge in [-0.15, -0.1) is 0 Å². The van der Waals surface area contributed by atoms with Gasteiger partial charge in [0.05, 0.1) is 12.3 Å². The van der Waals surface area contributed by atoms with Gasteiger partial charge < -0.3 is 15.1 Å². The predicted octanol–water partition coefficient (Wildman–Crippen LogP) is 3.87. The number of nitrogens with zero attached hydrogens (tertiary/aromatic N) is 2. The summed E-state index contributed by atoms with van der Waals surface area (Å²) in [5.41, 5.74) is 2.51. The molecule has 3 amide bonds. The molecule has 0 bridgehead atoms. The minimum absolute atomic E-state index is 0.0386. The smallest absolute Gasteiger partial charge is 0.231 e. The number of carbonyl (C=O) groups excluding carboxylic acids is 3. The van der Waals surface area contributed by atoms with E-state index in [9.17, 15) is 14.4 Å². The summed E-state index contributed by atoms with van der Waals surface area (Å²) in [6.45, 7) is 3.85. The van der Waals surface area contributed by atoms with Crippen molar-refractivity contribution in [1.29, 1.82) is 0 Å². The number of anilines is 2. The molecule has 1 aliphatic heterocycles. The van der Waals surface area contributed by atoms with Crippen LogP contribution in [0, 0.1) is 11.8 Å². The van der Waals surface area contributed by atoms with Gasteiger partial charge in [0.25, 0.3) is 0 Å². The molecule has 0 spiro atoms. The van der Waals surface area contributed by atoms with Gasteiger partial charge >= 0.3 is 0 Å². The lowest BCUT2D eigenvalue weighted by molar-refractivity contribution is -0.135. The van der Waals surface area contributed by atoms with Crippen LogP contribution in [0.15, 0.2) is 54.6 Å². The van der Waals surface area contributed by atoms with Gasteiger partial charge in [0.1, 0.15) is 0 Å². The van der Waals surface area contributed by atoms with E-state index in [1.54, 1.807) is 4.90 Å². The Morgan fingerprint density at radius 2 is 1.69 bits per heavy atom. The van der Waals surface area contributed by atoms with Gasteiger partial charge in [-0.1, -0.05) is 30.3 Å². The summed E-state index contributed by atoms with van der Waals surface area (Å²) < 4.78 is 0. The van der Waals surface area contributed by atoms with E-state index in [4.69, 9.17) is 0 Å². The SMILES string of the molecule is CCN(C(=O)Cc1ccc(NC(=O)C2CCCN(C(=O)C3CC3)C2)cc1)c1ccccc1. The normalized spacial score (nSPS) is 18.2. The number of para-hydroxylation sites is 1. The van der Waals surface area contributed by atoms with E-state index in [1.165, 1.54) is 0 Å². The Labute approximate surface area is 189 Å². The quantitative estimate of drug-likeness (QED) is 0.721. The predicted molar refractivity (Wildman–Crippen MR) is 125 cm³/mol. The number of benzene rings is 2. The van der Waals surface area contributed by atoms with Crippen molar-refractivity contribution < 1.29 is 14.4 Å². The fourth-order valence-electron chi connectivity index (χ4n) is 4.31. The highest BCUT2D eigenvalue weighted by molar-refractivity contribution is 5.95. The van der Waals surface area contributed by atoms with Gasteiger partial charge in [0.2, 0.25) is 17.7 Å². The summed E-state index contributed by atoms with van der Waals surface area (Å²) in [6, 6.07) is 17.1. The first-order chi connectivity index (χ1) is 15.5. The average Bonchev–Trinajstić information content (AvgIpc) is 3.67. The summed E-state index contributed by atoms with van der Waals surface area (Å²) in [4.78, 5) is 41.5. The van der Waals surface area contributed by atoms with Crippen molar-refractivity contribution >= 4 is 29.1 Å². The first-order valence-electron chi connectivity index (χ1n) is 11.6. The molecular formula is C26H31N3O3. The number of likely N-dealkylation sites (N-methyl/N-ethyl adjacent to an activating group) is 1. The first kappa shape index (κ1) is 22.1. The molecule has 168 valence electrons. The van der Waals surface area contributed by atoms with Crippen molar-refractivity contribution in [2.24, 2.45) is 11.8 Å². The number of hydrogen-bond acceptors (Lipinski definition) is 3. The van der Waals surface area contributed by atoms with Gasteiger partial charge in [0.15, 0.2) is 0 Å². The topological polar surface area (TPSA) is 69.7 Å². The highest BCUT2D eigenvalue weighted by Gasteiger charge is 2.36. The lowest BCUT2D eigenvalue weighted by atomic mass is 9.96. The highest BCUT2D eigenvalue weighted by Crippen LogP contribution is 2.32. The molecule has 1 saturated carbocycles. The minimum atomic E-state index is -0.170. The maximum absolute atomic E-state index is 12.8. The second-order valence-electron chi connectivity index (χ2n) is 8.73. The zero-order valence-electron chi connectivity index (χ0n) is 18.6. The number of amides is 3. The first-order valence-corrected chi connectivity index (χ1v) is 11.6. The Morgan fingerprint density at radius 3 is 2.34 bits per heavy atom. The molecule has 1 N–H and O–H groups in total. The van der Waals surface area contributed by atoms with Gasteiger partial charge in [-0.25, -0.2) is 0 Å². The van der Waals surface area contributed by atoms with Crippen molar-refractivity contribution in [1.82, 2.24) is 4.90 Å². The van der Waals surface area contributed by atoms with Crippen molar-refractivity contribution in [3.63, 3.8) is 0 Å². The number of carbonyl (C=O) groups is 3. The second kappa shape index (κ2) is 9.98. The van der Waals surface area contributed by atoms with Crippen molar-refractivity contribution in [3.05, 3.63) is 60.2 Å². The molecular weight excluding hydrogens is 402 g/mol. The fourth-order valence-corrected chi connectivity index (χ4v) is 4.31. The average molecular weight is 434 g/mol. The van der Waals surface area contributed by atoms with E-state index >= 15 is 0 Å². The second-order valence-corrected chi connectivity index (χ2v) is 8.73. The van der Waals surface area contributed by atoms with E-state index in [-0.39, 0.29) is 29.6 Å². The molecule has 0 aromatic heterocycles. The lowest BCUT2D eigenvalue weighted by Gasteiger charge is -2.32. The van der Waals surface area contributed by atoms with Gasteiger partial charge in [0, 0.05) is 36.9 Å². The molecule has 6 heteroatoms. The standard InChI is InChI=1S/C26H31N3O3/c1-2-29(23-8-4-3-5-9-23)24(30)17-19-10-14-22(15-11-19)27-25(31)21-7-6-16-28(18-21)26(32)20-12-13-20/h3-5,8-11,14-15,20-21H,2,6-7,12-13,16-18H2,1H3,(H,27,31). The number of likely N-dealkylation sites (tertiary alicyclic amines) is 1. The van der Waals surface area contributed by atoms with Crippen LogP contribution in [-0.2, 0) is 20.8 Å². The molecule has 1 atom stereocenters. The van der Waals surface area contributed by atoms with Gasteiger partial charge in [-0.05, 0) is 62.4 Å². The number of nitrogens with one attached hydrogen (secondary N) is 1. The number of rotatable bonds is 7. The fraction of sp³-hybridized carbons (Fsp3) is 0.423. The summed E-state index contributed by atoms with van der Waals surface area (Å²) in [5.74, 6) is 0.240. The molecule has 2 fully saturated rings. The zero-order chi connectivity index (χ0) is 22.5. The van der Waals surface area contributed by atoms with E-state index in [0.29, 0.717) is 25.2 Å². The molecule has 1 heterocycles. The lowest BCUT2D eigenvalue weighted by Crippen LogP contribution is -2.44. The van der Waals surface area contributed by atoms with Crippen molar-refractivity contribution in [3.8, 4) is 0 Å². The minimum Gasteiger partial charge on any atom is -0.342 e. The Morgan fingerprint density at radius 1 is 0.969 bits per heavy atom. The maximum Gasteiger partial charge on any atom is 0.231 e. The molecule has 6 nitrogen and oxygen atoms in total. The van der Waals surface area contributed by atoms with Gasteiger partial charge in [-0.3, -0.25) is 14.4 Å². The third kappa shape index (κ3) is 5.36. The number of piperidine rings is 1.